The molecule has 3 N–H and O–H groups in total. The monoisotopic (exact) mass is 340 g/mol. The van der Waals surface area contributed by atoms with Gasteiger partial charge in [-0.2, -0.15) is 0 Å². The first-order chi connectivity index (χ1) is 10.2. The van der Waals surface area contributed by atoms with Crippen LogP contribution in [0.15, 0.2) is 0 Å². The molecule has 1 unspecified atom stereocenters. The normalized spacial score (nSPS) is 16.5. The van der Waals surface area contributed by atoms with Gasteiger partial charge in [-0.3, -0.25) is 0 Å². The Morgan fingerprint density at radius 1 is 0.955 bits per heavy atom. The van der Waals surface area contributed by atoms with E-state index in [9.17, 15) is 0 Å². The summed E-state index contributed by atoms with van der Waals surface area (Å²) in [5.74, 6) is 0. The first-order valence-electron chi connectivity index (χ1n) is 8.32. The molecular formula is C15H36O6Si. The molecule has 0 aliphatic carbocycles. The topological polar surface area (TPSA) is 92.0 Å². The van der Waals surface area contributed by atoms with E-state index in [1.807, 2.05) is 20.8 Å². The van der Waals surface area contributed by atoms with Crippen LogP contribution in [-0.2, 0) is 18.0 Å². The maximum Gasteiger partial charge on any atom is 0.500 e. The molecular weight excluding hydrogens is 304 g/mol. The number of aliphatic hydroxyl groups excluding tert-OH is 1. The number of unbranched alkanes of at least 4 members (excludes halogenated alkanes) is 3. The highest BCUT2D eigenvalue weighted by molar-refractivity contribution is 6.60. The molecule has 0 aromatic carbocycles. The van der Waals surface area contributed by atoms with Gasteiger partial charge in [-0.05, 0) is 27.2 Å². The summed E-state index contributed by atoms with van der Waals surface area (Å²) in [5, 5.41) is 8.08. The molecule has 0 radical (unpaired) electrons. The van der Waals surface area contributed by atoms with Gasteiger partial charge in [0.25, 0.3) is 0 Å². The molecule has 0 spiro atoms. The van der Waals surface area contributed by atoms with Crippen molar-refractivity contribution < 1.29 is 28.6 Å². The van der Waals surface area contributed by atoms with Gasteiger partial charge in [0.05, 0.1) is 13.2 Å². The Morgan fingerprint density at radius 3 is 1.73 bits per heavy atom. The lowest BCUT2D eigenvalue weighted by Gasteiger charge is -2.28. The number of aliphatic hydroxyl groups is 1. The van der Waals surface area contributed by atoms with E-state index in [-0.39, 0.29) is 18.2 Å². The fraction of sp³-hybridized carbons (Fsp3) is 1.00. The SMILES string of the molecule is CCCCCC[Si](OCC)(OCC)OCC.O.OCC1CO1. The Hall–Kier alpha value is -0.0231. The smallest absolute Gasteiger partial charge is 0.412 e. The van der Waals surface area contributed by atoms with E-state index in [4.69, 9.17) is 18.4 Å². The van der Waals surface area contributed by atoms with Crippen LogP contribution >= 0.6 is 0 Å². The van der Waals surface area contributed by atoms with E-state index < -0.39 is 8.80 Å². The van der Waals surface area contributed by atoms with E-state index in [1.54, 1.807) is 0 Å². The van der Waals surface area contributed by atoms with Gasteiger partial charge in [-0.25, -0.2) is 0 Å². The minimum atomic E-state index is -2.35. The molecule has 0 saturated carbocycles. The molecule has 0 bridgehead atoms. The van der Waals surface area contributed by atoms with Gasteiger partial charge in [0, 0.05) is 25.9 Å². The summed E-state index contributed by atoms with van der Waals surface area (Å²) in [7, 11) is -2.35. The molecule has 1 atom stereocenters. The third-order valence-electron chi connectivity index (χ3n) is 3.04. The lowest BCUT2D eigenvalue weighted by molar-refractivity contribution is 0.0706. The van der Waals surface area contributed by atoms with Gasteiger partial charge in [0.1, 0.15) is 6.10 Å². The van der Waals surface area contributed by atoms with Crippen molar-refractivity contribution in [3.05, 3.63) is 0 Å². The molecule has 7 heteroatoms. The van der Waals surface area contributed by atoms with Crippen LogP contribution in [0.3, 0.4) is 0 Å². The zero-order valence-corrected chi connectivity index (χ0v) is 15.7. The molecule has 1 heterocycles. The molecule has 6 nitrogen and oxygen atoms in total. The molecule has 0 amide bonds. The summed E-state index contributed by atoms with van der Waals surface area (Å²) in [6, 6.07) is 0.961. The van der Waals surface area contributed by atoms with E-state index in [0.29, 0.717) is 19.8 Å². The quantitative estimate of drug-likeness (QED) is 0.334. The van der Waals surface area contributed by atoms with Crippen LogP contribution in [0.5, 0.6) is 0 Å². The Labute approximate surface area is 136 Å². The lowest BCUT2D eigenvalue weighted by atomic mass is 10.2. The summed E-state index contributed by atoms with van der Waals surface area (Å²) >= 11 is 0. The van der Waals surface area contributed by atoms with E-state index >= 15 is 0 Å². The molecule has 136 valence electrons. The van der Waals surface area contributed by atoms with Gasteiger partial charge >= 0.3 is 8.80 Å². The number of hydrogen-bond acceptors (Lipinski definition) is 5. The van der Waals surface area contributed by atoms with Crippen LogP contribution in [0, 0.1) is 0 Å². The summed E-state index contributed by atoms with van der Waals surface area (Å²) in [6.07, 6.45) is 5.13. The van der Waals surface area contributed by atoms with Gasteiger partial charge in [-0.1, -0.05) is 26.2 Å². The Morgan fingerprint density at radius 2 is 1.45 bits per heavy atom. The molecule has 1 rings (SSSR count). The maximum absolute atomic E-state index is 8.08. The number of epoxide rings is 1. The van der Waals surface area contributed by atoms with Crippen molar-refractivity contribution in [2.75, 3.05) is 33.0 Å². The lowest BCUT2D eigenvalue weighted by Crippen LogP contribution is -2.45. The van der Waals surface area contributed by atoms with Crippen LogP contribution in [0.4, 0.5) is 0 Å². The third-order valence-corrected chi connectivity index (χ3v) is 6.19. The molecule has 22 heavy (non-hydrogen) atoms. The number of ether oxygens (including phenoxy) is 1. The summed E-state index contributed by atoms with van der Waals surface area (Å²) in [6.45, 7) is 11.2. The van der Waals surface area contributed by atoms with Crippen LogP contribution in [0.25, 0.3) is 0 Å². The van der Waals surface area contributed by atoms with E-state index in [1.165, 1.54) is 19.3 Å². The average molecular weight is 341 g/mol. The van der Waals surface area contributed by atoms with Crippen molar-refractivity contribution in [1.82, 2.24) is 0 Å². The second-order valence-electron chi connectivity index (χ2n) is 4.93. The zero-order chi connectivity index (χ0) is 16.0. The van der Waals surface area contributed by atoms with E-state index in [2.05, 4.69) is 11.7 Å². The van der Waals surface area contributed by atoms with Gasteiger partial charge < -0.3 is 28.6 Å². The first-order valence-corrected chi connectivity index (χ1v) is 10.2. The van der Waals surface area contributed by atoms with Crippen LogP contribution in [-0.4, -0.2) is 58.5 Å². The summed E-state index contributed by atoms with van der Waals surface area (Å²) in [4.78, 5) is 0. The predicted molar refractivity (Wildman–Crippen MR) is 90.0 cm³/mol. The van der Waals surface area contributed by atoms with Crippen LogP contribution < -0.4 is 0 Å². The molecule has 1 saturated heterocycles. The summed E-state index contributed by atoms with van der Waals surface area (Å²) < 4.78 is 22.0. The molecule has 1 fully saturated rings. The van der Waals surface area contributed by atoms with Crippen molar-refractivity contribution in [3.8, 4) is 0 Å². The highest BCUT2D eigenvalue weighted by atomic mass is 28.4. The summed E-state index contributed by atoms with van der Waals surface area (Å²) in [5.41, 5.74) is 0. The van der Waals surface area contributed by atoms with Gasteiger partial charge in [-0.15, -0.1) is 0 Å². The van der Waals surface area contributed by atoms with Crippen molar-refractivity contribution in [3.63, 3.8) is 0 Å². The number of hydrogen-bond donors (Lipinski definition) is 1. The average Bonchev–Trinajstić information content (AvgIpc) is 3.29. The predicted octanol–water partition coefficient (Wildman–Crippen LogP) is 2.17. The van der Waals surface area contributed by atoms with Crippen LogP contribution in [0.2, 0.25) is 6.04 Å². The second-order valence-corrected chi connectivity index (χ2v) is 7.66. The Bertz CT molecular complexity index is 209. The largest absolute Gasteiger partial charge is 0.500 e. The van der Waals surface area contributed by atoms with Crippen molar-refractivity contribution in [2.45, 2.75) is 65.5 Å². The number of rotatable bonds is 12. The van der Waals surface area contributed by atoms with Gasteiger partial charge in [0.2, 0.25) is 0 Å². The Balaban J connectivity index is 0. The maximum atomic E-state index is 8.08. The highest BCUT2D eigenvalue weighted by Crippen LogP contribution is 2.20. The molecule has 1 aliphatic rings. The fourth-order valence-electron chi connectivity index (χ4n) is 1.94. The van der Waals surface area contributed by atoms with Crippen LogP contribution in [0.1, 0.15) is 53.4 Å². The molecule has 0 aromatic heterocycles. The minimum absolute atomic E-state index is 0. The Kier molecular flexibility index (Phi) is 17.5. The van der Waals surface area contributed by atoms with E-state index in [0.717, 1.165) is 19.1 Å². The fourth-order valence-corrected chi connectivity index (χ4v) is 4.63. The highest BCUT2D eigenvalue weighted by Gasteiger charge is 2.39. The van der Waals surface area contributed by atoms with Crippen molar-refractivity contribution >= 4 is 8.80 Å². The van der Waals surface area contributed by atoms with Crippen molar-refractivity contribution in [2.24, 2.45) is 0 Å². The third kappa shape index (κ3) is 12.5. The first kappa shape index (κ1) is 24.2. The second kappa shape index (κ2) is 15.9. The van der Waals surface area contributed by atoms with Gasteiger partial charge in [0.15, 0.2) is 0 Å². The van der Waals surface area contributed by atoms with Crippen molar-refractivity contribution in [1.29, 1.82) is 0 Å². The standard InChI is InChI=1S/C12H28O3Si.C3H6O2.H2O/c1-5-9-10-11-12-16(13-6-2,14-7-3)15-8-4;4-1-3-2-5-3;/h5-12H2,1-4H3;3-4H,1-2H2;1H2. The minimum Gasteiger partial charge on any atom is -0.412 e. The molecule has 1 aliphatic heterocycles. The zero-order valence-electron chi connectivity index (χ0n) is 14.7. The molecule has 0 aromatic rings.